The first kappa shape index (κ1) is 20.7. The van der Waals surface area contributed by atoms with Crippen molar-refractivity contribution in [3.63, 3.8) is 0 Å². The van der Waals surface area contributed by atoms with Crippen molar-refractivity contribution in [2.24, 2.45) is 5.73 Å². The highest BCUT2D eigenvalue weighted by Crippen LogP contribution is 2.38. The highest BCUT2D eigenvalue weighted by atomic mass is 32.2. The minimum absolute atomic E-state index is 0.0156. The third-order valence-electron chi connectivity index (χ3n) is 3.50. The lowest BCUT2D eigenvalue weighted by Crippen LogP contribution is -2.32. The van der Waals surface area contributed by atoms with Gasteiger partial charge >= 0.3 is 5.97 Å². The Balaban J connectivity index is 2.44. The zero-order valence-electron chi connectivity index (χ0n) is 15.3. The Kier molecular flexibility index (Phi) is 6.45. The van der Waals surface area contributed by atoms with Crippen molar-refractivity contribution in [3.8, 4) is 5.75 Å². The van der Waals surface area contributed by atoms with Gasteiger partial charge in [-0.05, 0) is 51.0 Å². The summed E-state index contributed by atoms with van der Waals surface area (Å²) in [6.45, 7) is 5.74. The van der Waals surface area contributed by atoms with Crippen LogP contribution in [0.2, 0.25) is 0 Å². The molecule has 0 saturated carbocycles. The smallest absolute Gasteiger partial charge is 0.320 e. The summed E-state index contributed by atoms with van der Waals surface area (Å²) in [5, 5.41) is 20.4. The van der Waals surface area contributed by atoms with Crippen LogP contribution in [0.5, 0.6) is 5.75 Å². The Morgan fingerprint density at radius 1 is 1.26 bits per heavy atom. The van der Waals surface area contributed by atoms with E-state index in [-0.39, 0.29) is 12.1 Å². The van der Waals surface area contributed by atoms with Crippen molar-refractivity contribution >= 4 is 23.4 Å². The molecule has 2 aromatic carbocycles. The number of nitro groups is 1. The number of nitro benzene ring substituents is 1. The van der Waals surface area contributed by atoms with E-state index in [0.717, 1.165) is 0 Å². The molecule has 1 unspecified atom stereocenters. The lowest BCUT2D eigenvalue weighted by molar-refractivity contribution is -0.387. The number of carboxylic acids is 1. The van der Waals surface area contributed by atoms with Gasteiger partial charge in [0.15, 0.2) is 0 Å². The van der Waals surface area contributed by atoms with Crippen LogP contribution >= 0.6 is 11.8 Å². The third-order valence-corrected chi connectivity index (χ3v) is 4.67. The summed E-state index contributed by atoms with van der Waals surface area (Å²) < 4.78 is 5.87. The molecule has 2 rings (SSSR count). The summed E-state index contributed by atoms with van der Waals surface area (Å²) in [6, 6.07) is 10.6. The molecule has 8 heteroatoms. The highest BCUT2D eigenvalue weighted by molar-refractivity contribution is 7.99. The average Bonchev–Trinajstić information content (AvgIpc) is 2.56. The number of hydrogen-bond donors (Lipinski definition) is 2. The quantitative estimate of drug-likeness (QED) is 0.544. The number of para-hydroxylation sites is 1. The van der Waals surface area contributed by atoms with Crippen molar-refractivity contribution < 1.29 is 19.6 Å². The molecule has 0 radical (unpaired) electrons. The van der Waals surface area contributed by atoms with E-state index in [1.165, 1.54) is 17.8 Å². The molecule has 3 N–H and O–H groups in total. The first-order valence-corrected chi connectivity index (χ1v) is 9.10. The van der Waals surface area contributed by atoms with Crippen molar-refractivity contribution in [1.82, 2.24) is 0 Å². The first-order chi connectivity index (χ1) is 12.6. The fourth-order valence-electron chi connectivity index (χ4n) is 2.35. The van der Waals surface area contributed by atoms with Crippen LogP contribution in [0, 0.1) is 10.1 Å². The van der Waals surface area contributed by atoms with E-state index in [2.05, 4.69) is 0 Å². The lowest BCUT2D eigenvalue weighted by Gasteiger charge is -2.22. The minimum atomic E-state index is -1.10. The maximum absolute atomic E-state index is 11.3. The van der Waals surface area contributed by atoms with Crippen molar-refractivity contribution in [3.05, 3.63) is 58.1 Å². The average molecular weight is 390 g/mol. The predicted molar refractivity (Wildman–Crippen MR) is 103 cm³/mol. The van der Waals surface area contributed by atoms with Crippen LogP contribution in [0.15, 0.2) is 52.3 Å². The molecule has 0 aromatic heterocycles. The van der Waals surface area contributed by atoms with Crippen LogP contribution < -0.4 is 10.5 Å². The van der Waals surface area contributed by atoms with Gasteiger partial charge in [0.25, 0.3) is 5.69 Å². The topological polar surface area (TPSA) is 116 Å². The summed E-state index contributed by atoms with van der Waals surface area (Å²) in [7, 11) is 0. The number of hydrogen-bond acceptors (Lipinski definition) is 6. The van der Waals surface area contributed by atoms with Crippen LogP contribution in [0.4, 0.5) is 5.69 Å². The predicted octanol–water partition coefficient (Wildman–Crippen LogP) is 3.88. The monoisotopic (exact) mass is 390 g/mol. The summed E-state index contributed by atoms with van der Waals surface area (Å²) in [5.41, 5.74) is 5.94. The molecule has 0 bridgehead atoms. The number of benzene rings is 2. The molecule has 0 heterocycles. The molecule has 0 spiro atoms. The molecule has 0 aliphatic rings. The maximum Gasteiger partial charge on any atom is 0.320 e. The largest absolute Gasteiger partial charge is 0.488 e. The molecule has 2 aromatic rings. The zero-order valence-corrected chi connectivity index (χ0v) is 16.2. The maximum atomic E-state index is 11.3. The van der Waals surface area contributed by atoms with Crippen LogP contribution in [0.3, 0.4) is 0 Å². The van der Waals surface area contributed by atoms with Crippen LogP contribution in [-0.4, -0.2) is 27.6 Å². The molecule has 144 valence electrons. The summed E-state index contributed by atoms with van der Waals surface area (Å²) in [4.78, 5) is 23.1. The Morgan fingerprint density at radius 2 is 1.93 bits per heavy atom. The van der Waals surface area contributed by atoms with E-state index < -0.39 is 22.5 Å². The Labute approximate surface area is 161 Å². The number of ether oxygens (including phenoxy) is 1. The Hall–Kier alpha value is -2.58. The Morgan fingerprint density at radius 3 is 2.52 bits per heavy atom. The van der Waals surface area contributed by atoms with Gasteiger partial charge < -0.3 is 15.6 Å². The first-order valence-electron chi connectivity index (χ1n) is 8.28. The fraction of sp³-hybridized carbons (Fsp3) is 0.316. The Bertz CT molecular complexity index is 848. The molecule has 0 saturated heterocycles. The number of nitrogens with zero attached hydrogens (tertiary/aromatic N) is 1. The van der Waals surface area contributed by atoms with E-state index in [9.17, 15) is 14.9 Å². The van der Waals surface area contributed by atoms with Gasteiger partial charge in [-0.25, -0.2) is 0 Å². The molecular formula is C19H22N2O5S. The minimum Gasteiger partial charge on any atom is -0.488 e. The molecule has 0 aliphatic carbocycles. The molecule has 0 aliphatic heterocycles. The van der Waals surface area contributed by atoms with Gasteiger partial charge in [-0.15, -0.1) is 0 Å². The second-order valence-corrected chi connectivity index (χ2v) is 8.04. The normalized spacial score (nSPS) is 12.4. The second-order valence-electron chi connectivity index (χ2n) is 6.96. The van der Waals surface area contributed by atoms with Gasteiger partial charge in [0.05, 0.1) is 9.82 Å². The van der Waals surface area contributed by atoms with E-state index in [1.807, 2.05) is 20.8 Å². The number of carboxylic acid groups (broad SMARTS) is 1. The molecule has 7 nitrogen and oxygen atoms in total. The zero-order chi connectivity index (χ0) is 20.2. The molecule has 0 fully saturated rings. The summed E-state index contributed by atoms with van der Waals surface area (Å²) >= 11 is 1.19. The lowest BCUT2D eigenvalue weighted by atomic mass is 10.1. The third kappa shape index (κ3) is 5.97. The van der Waals surface area contributed by atoms with Gasteiger partial charge in [-0.2, -0.15) is 0 Å². The van der Waals surface area contributed by atoms with Gasteiger partial charge in [-0.1, -0.05) is 30.0 Å². The molecule has 27 heavy (non-hydrogen) atoms. The number of aliphatic carboxylic acids is 1. The van der Waals surface area contributed by atoms with Crippen molar-refractivity contribution in [2.75, 3.05) is 0 Å². The fourth-order valence-corrected chi connectivity index (χ4v) is 3.44. The molecular weight excluding hydrogens is 368 g/mol. The van der Waals surface area contributed by atoms with E-state index in [4.69, 9.17) is 15.6 Å². The van der Waals surface area contributed by atoms with Gasteiger partial charge in [0, 0.05) is 11.0 Å². The molecule has 1 atom stereocenters. The van der Waals surface area contributed by atoms with Crippen LogP contribution in [0.25, 0.3) is 0 Å². The summed E-state index contributed by atoms with van der Waals surface area (Å²) in [5.74, 6) is -0.511. The van der Waals surface area contributed by atoms with E-state index in [0.29, 0.717) is 21.1 Å². The van der Waals surface area contributed by atoms with Gasteiger partial charge in [-0.3, -0.25) is 14.9 Å². The second kappa shape index (κ2) is 8.41. The standard InChI is InChI=1S/C19H22N2O5S/c1-19(2,3)26-13-9-8-12(10-14(20)18(22)23)17(11-13)27-16-7-5-4-6-15(16)21(24)25/h4-9,11,14H,10,20H2,1-3H3,(H,22,23). The van der Waals surface area contributed by atoms with Crippen molar-refractivity contribution in [2.45, 2.75) is 48.6 Å². The number of carbonyl (C=O) groups is 1. The summed E-state index contributed by atoms with van der Waals surface area (Å²) in [6.07, 6.45) is 0.105. The molecule has 0 amide bonds. The van der Waals surface area contributed by atoms with Gasteiger partial charge in [0.2, 0.25) is 0 Å². The van der Waals surface area contributed by atoms with Gasteiger partial charge in [0.1, 0.15) is 17.4 Å². The number of rotatable bonds is 7. The van der Waals surface area contributed by atoms with Crippen LogP contribution in [-0.2, 0) is 11.2 Å². The SMILES string of the molecule is CC(C)(C)Oc1ccc(CC(N)C(=O)O)c(Sc2ccccc2[N+](=O)[O-])c1. The van der Waals surface area contributed by atoms with Crippen LogP contribution in [0.1, 0.15) is 26.3 Å². The van der Waals surface area contributed by atoms with Crippen molar-refractivity contribution in [1.29, 1.82) is 0 Å². The van der Waals surface area contributed by atoms with E-state index >= 15 is 0 Å². The number of nitrogens with two attached hydrogens (primary N) is 1. The highest BCUT2D eigenvalue weighted by Gasteiger charge is 2.20. The van der Waals surface area contributed by atoms with E-state index in [1.54, 1.807) is 36.4 Å².